The summed E-state index contributed by atoms with van der Waals surface area (Å²) in [6, 6.07) is 42.1. The van der Waals surface area contributed by atoms with Crippen molar-refractivity contribution in [3.8, 4) is 0 Å². The molecular weight excluding hydrogens is 688 g/mol. The van der Waals surface area contributed by atoms with Crippen molar-refractivity contribution in [2.45, 2.75) is 37.5 Å². The maximum atomic E-state index is 14.0. The topological polar surface area (TPSA) is 102 Å². The van der Waals surface area contributed by atoms with Gasteiger partial charge in [-0.3, -0.25) is 14.8 Å². The predicted molar refractivity (Wildman–Crippen MR) is 202 cm³/mol. The van der Waals surface area contributed by atoms with Crippen molar-refractivity contribution in [2.75, 3.05) is 13.2 Å². The molecule has 0 aromatic heterocycles. The van der Waals surface area contributed by atoms with Crippen LogP contribution in [0.25, 0.3) is 6.08 Å². The molecule has 5 aromatic rings. The Morgan fingerprint density at radius 2 is 1.02 bits per heavy atom. The van der Waals surface area contributed by atoms with Crippen LogP contribution in [-0.4, -0.2) is 36.3 Å². The SMILES string of the molecule is CCOC(=O)/C=C/c1ccccc1.CCOC(=O)[C@H]1[C@H](c2ccccc2)[C@H]1c1ccccc1F.O=C(NO)[C@H]1[C@H](c2ccccc2)[C@H]1c1ccccc1F. The van der Waals surface area contributed by atoms with Crippen molar-refractivity contribution in [1.29, 1.82) is 0 Å². The summed E-state index contributed by atoms with van der Waals surface area (Å²) in [6.07, 6.45) is 3.16. The average Bonchev–Trinajstić information content (AvgIpc) is 4.13. The Morgan fingerprint density at radius 1 is 0.593 bits per heavy atom. The van der Waals surface area contributed by atoms with Gasteiger partial charge in [-0.15, -0.1) is 0 Å². The van der Waals surface area contributed by atoms with Crippen molar-refractivity contribution in [2.24, 2.45) is 11.8 Å². The molecule has 0 radical (unpaired) electrons. The molecule has 9 heteroatoms. The maximum absolute atomic E-state index is 14.0. The summed E-state index contributed by atoms with van der Waals surface area (Å²) in [4.78, 5) is 34.8. The fourth-order valence-electron chi connectivity index (χ4n) is 6.92. The summed E-state index contributed by atoms with van der Waals surface area (Å²) in [5.41, 5.74) is 5.84. The zero-order valence-electron chi connectivity index (χ0n) is 30.1. The van der Waals surface area contributed by atoms with E-state index in [2.05, 4.69) is 0 Å². The highest BCUT2D eigenvalue weighted by molar-refractivity contribution is 5.87. The monoisotopic (exact) mass is 731 g/mol. The van der Waals surface area contributed by atoms with E-state index in [4.69, 9.17) is 14.7 Å². The number of esters is 2. The summed E-state index contributed by atoms with van der Waals surface area (Å²) < 4.78 is 37.8. The summed E-state index contributed by atoms with van der Waals surface area (Å²) in [5, 5.41) is 8.85. The fraction of sp³-hybridized carbons (Fsp3) is 0.222. The number of hydrogen-bond donors (Lipinski definition) is 2. The van der Waals surface area contributed by atoms with Crippen LogP contribution in [0.4, 0.5) is 8.78 Å². The number of nitrogens with one attached hydrogen (secondary N) is 1. The van der Waals surface area contributed by atoms with E-state index in [9.17, 15) is 23.2 Å². The van der Waals surface area contributed by atoms with Gasteiger partial charge in [0.1, 0.15) is 11.6 Å². The van der Waals surface area contributed by atoms with E-state index in [1.165, 1.54) is 18.2 Å². The molecule has 6 atom stereocenters. The first kappa shape index (κ1) is 39.3. The summed E-state index contributed by atoms with van der Waals surface area (Å²) in [7, 11) is 0. The predicted octanol–water partition coefficient (Wildman–Crippen LogP) is 8.98. The minimum Gasteiger partial charge on any atom is -0.466 e. The quantitative estimate of drug-likeness (QED) is 0.0644. The summed E-state index contributed by atoms with van der Waals surface area (Å²) in [5.74, 6) is -2.75. The first-order valence-corrected chi connectivity index (χ1v) is 17.9. The molecule has 0 aliphatic heterocycles. The van der Waals surface area contributed by atoms with Crippen LogP contribution in [0.2, 0.25) is 0 Å². The lowest BCUT2D eigenvalue weighted by Gasteiger charge is -2.02. The molecule has 0 spiro atoms. The van der Waals surface area contributed by atoms with E-state index in [1.807, 2.05) is 91.0 Å². The van der Waals surface area contributed by atoms with E-state index in [0.29, 0.717) is 24.3 Å². The molecule has 0 saturated heterocycles. The third kappa shape index (κ3) is 9.93. The van der Waals surface area contributed by atoms with Gasteiger partial charge < -0.3 is 9.47 Å². The van der Waals surface area contributed by atoms with Gasteiger partial charge in [-0.25, -0.2) is 19.1 Å². The Balaban J connectivity index is 0.000000161. The number of carbonyl (C=O) groups excluding carboxylic acids is 3. The van der Waals surface area contributed by atoms with Crippen molar-refractivity contribution in [3.05, 3.63) is 185 Å². The number of ether oxygens (including phenoxy) is 2. The highest BCUT2D eigenvalue weighted by atomic mass is 19.1. The first-order chi connectivity index (χ1) is 26.3. The lowest BCUT2D eigenvalue weighted by molar-refractivity contribution is -0.145. The normalized spacial score (nSPS) is 20.6. The minimum atomic E-state index is -0.466. The van der Waals surface area contributed by atoms with Crippen molar-refractivity contribution < 1.29 is 37.8 Å². The molecule has 2 fully saturated rings. The molecular formula is C45H43F2NO6. The molecule has 54 heavy (non-hydrogen) atoms. The molecule has 7 nitrogen and oxygen atoms in total. The van der Waals surface area contributed by atoms with Gasteiger partial charge >= 0.3 is 11.9 Å². The van der Waals surface area contributed by atoms with Gasteiger partial charge in [0.25, 0.3) is 0 Å². The maximum Gasteiger partial charge on any atom is 0.330 e. The van der Waals surface area contributed by atoms with Crippen LogP contribution < -0.4 is 5.48 Å². The molecule has 0 bridgehead atoms. The first-order valence-electron chi connectivity index (χ1n) is 17.9. The Morgan fingerprint density at radius 3 is 1.48 bits per heavy atom. The van der Waals surface area contributed by atoms with Crippen LogP contribution in [0.3, 0.4) is 0 Å². The number of rotatable bonds is 10. The molecule has 2 saturated carbocycles. The van der Waals surface area contributed by atoms with E-state index in [-0.39, 0.29) is 53.2 Å². The van der Waals surface area contributed by atoms with Gasteiger partial charge in [0.05, 0.1) is 25.0 Å². The molecule has 2 N–H and O–H groups in total. The van der Waals surface area contributed by atoms with Gasteiger partial charge in [0.15, 0.2) is 0 Å². The average molecular weight is 732 g/mol. The van der Waals surface area contributed by atoms with Crippen LogP contribution in [-0.2, 0) is 23.9 Å². The van der Waals surface area contributed by atoms with Gasteiger partial charge in [-0.05, 0) is 59.9 Å². The lowest BCUT2D eigenvalue weighted by atomic mass is 10.0. The van der Waals surface area contributed by atoms with E-state index >= 15 is 0 Å². The zero-order chi connectivity index (χ0) is 38.5. The van der Waals surface area contributed by atoms with Gasteiger partial charge in [-0.2, -0.15) is 0 Å². The van der Waals surface area contributed by atoms with Crippen molar-refractivity contribution in [1.82, 2.24) is 5.48 Å². The van der Waals surface area contributed by atoms with Gasteiger partial charge in [-0.1, -0.05) is 127 Å². The number of amides is 1. The van der Waals surface area contributed by atoms with Crippen molar-refractivity contribution >= 4 is 23.9 Å². The number of carbonyl (C=O) groups is 3. The third-order valence-corrected chi connectivity index (χ3v) is 9.41. The van der Waals surface area contributed by atoms with Crippen LogP contribution in [0.5, 0.6) is 0 Å². The lowest BCUT2D eigenvalue weighted by Crippen LogP contribution is -2.21. The van der Waals surface area contributed by atoms with Gasteiger partial charge in [0, 0.05) is 29.7 Å². The third-order valence-electron chi connectivity index (χ3n) is 9.41. The highest BCUT2D eigenvalue weighted by Crippen LogP contribution is 2.62. The molecule has 5 aromatic carbocycles. The Kier molecular flexibility index (Phi) is 14.0. The molecule has 2 aliphatic carbocycles. The van der Waals surface area contributed by atoms with Crippen LogP contribution in [0, 0.1) is 23.5 Å². The van der Waals surface area contributed by atoms with E-state index in [0.717, 1.165) is 16.7 Å². The number of benzene rings is 5. The highest BCUT2D eigenvalue weighted by Gasteiger charge is 2.58. The molecule has 0 heterocycles. The molecule has 278 valence electrons. The molecule has 0 unspecified atom stereocenters. The van der Waals surface area contributed by atoms with E-state index < -0.39 is 11.8 Å². The minimum absolute atomic E-state index is 0.00199. The fourth-order valence-corrected chi connectivity index (χ4v) is 6.92. The largest absolute Gasteiger partial charge is 0.466 e. The van der Waals surface area contributed by atoms with Crippen LogP contribution >= 0.6 is 0 Å². The second-order valence-electron chi connectivity index (χ2n) is 12.7. The molecule has 7 rings (SSSR count). The zero-order valence-corrected chi connectivity index (χ0v) is 30.1. The summed E-state index contributed by atoms with van der Waals surface area (Å²) in [6.45, 7) is 4.34. The Bertz CT molecular complexity index is 2010. The Hall–Kier alpha value is -5.93. The van der Waals surface area contributed by atoms with Crippen molar-refractivity contribution in [3.63, 3.8) is 0 Å². The standard InChI is InChI=1S/C18H17FO2.C16H14FNO2.C11H12O2/c1-2-21-18(20)17-15(12-8-4-3-5-9-12)16(17)13-10-6-7-11-14(13)19;17-12-9-5-4-8-11(12)14-13(15(14)16(19)18-20)10-6-2-1-3-7-10;1-2-13-11(12)9-8-10-6-4-3-5-7-10/h3-11,15-17H,2H2,1H3;1-9,13-15,20H,(H,18,19);3-9H,2H2,1H3/b;;9-8+/t15-,16-,17+;13-,14-,15+;/m11./s1. The van der Waals surface area contributed by atoms with Crippen LogP contribution in [0.1, 0.15) is 65.3 Å². The number of hydroxylamine groups is 1. The van der Waals surface area contributed by atoms with Gasteiger partial charge in [0.2, 0.25) is 5.91 Å². The second kappa shape index (κ2) is 19.2. The Labute approximate surface area is 314 Å². The van der Waals surface area contributed by atoms with E-state index in [1.54, 1.807) is 61.8 Å². The number of halogens is 2. The summed E-state index contributed by atoms with van der Waals surface area (Å²) >= 11 is 0. The molecule has 2 aliphatic rings. The smallest absolute Gasteiger partial charge is 0.330 e. The second-order valence-corrected chi connectivity index (χ2v) is 12.7. The molecule has 1 amide bonds. The van der Waals surface area contributed by atoms with Crippen LogP contribution in [0.15, 0.2) is 146 Å². The number of hydrogen-bond acceptors (Lipinski definition) is 6.